The van der Waals surface area contributed by atoms with Crippen LogP contribution < -0.4 is 0 Å². The number of amides is 2. The van der Waals surface area contributed by atoms with Crippen LogP contribution in [0.2, 0.25) is 5.02 Å². The van der Waals surface area contributed by atoms with E-state index in [-0.39, 0.29) is 11.8 Å². The second-order valence-electron chi connectivity index (χ2n) is 7.91. The first-order valence-electron chi connectivity index (χ1n) is 10.7. The lowest BCUT2D eigenvalue weighted by Gasteiger charge is -2.35. The third-order valence-electron chi connectivity index (χ3n) is 5.96. The van der Waals surface area contributed by atoms with Crippen LogP contribution in [0.3, 0.4) is 0 Å². The molecule has 0 radical (unpaired) electrons. The first-order valence-corrected chi connectivity index (χ1v) is 11.1. The van der Waals surface area contributed by atoms with Gasteiger partial charge in [0.05, 0.1) is 29.7 Å². The van der Waals surface area contributed by atoms with E-state index in [1.54, 1.807) is 10.9 Å². The van der Waals surface area contributed by atoms with Crippen molar-refractivity contribution < 1.29 is 9.59 Å². The summed E-state index contributed by atoms with van der Waals surface area (Å²) >= 11 is 6.12. The van der Waals surface area contributed by atoms with Gasteiger partial charge in [-0.3, -0.25) is 14.5 Å². The largest absolute Gasteiger partial charge is 0.342 e. The number of carbonyl (C=O) groups is 2. The smallest absolute Gasteiger partial charge is 0.257 e. The van der Waals surface area contributed by atoms with Crippen LogP contribution in [0.1, 0.15) is 35.8 Å². The molecule has 30 heavy (non-hydrogen) atoms. The third kappa shape index (κ3) is 4.37. The molecule has 2 saturated heterocycles. The van der Waals surface area contributed by atoms with Gasteiger partial charge in [0.2, 0.25) is 5.91 Å². The number of aromatic nitrogens is 2. The molecule has 160 valence electrons. The Labute approximate surface area is 182 Å². The van der Waals surface area contributed by atoms with E-state index in [0.717, 1.165) is 50.4 Å². The second kappa shape index (κ2) is 9.18. The summed E-state index contributed by atoms with van der Waals surface area (Å²) in [5.74, 6) is 0.217. The molecule has 2 fully saturated rings. The summed E-state index contributed by atoms with van der Waals surface area (Å²) in [6, 6.07) is 7.48. The fourth-order valence-electron chi connectivity index (χ4n) is 4.26. The molecule has 2 aliphatic rings. The predicted molar refractivity (Wildman–Crippen MR) is 116 cm³/mol. The summed E-state index contributed by atoms with van der Waals surface area (Å²) in [4.78, 5) is 31.5. The van der Waals surface area contributed by atoms with Gasteiger partial charge in [-0.2, -0.15) is 5.10 Å². The topological polar surface area (TPSA) is 61.7 Å². The first kappa shape index (κ1) is 20.9. The minimum absolute atomic E-state index is 0.00523. The van der Waals surface area contributed by atoms with Crippen molar-refractivity contribution in [3.05, 3.63) is 46.7 Å². The van der Waals surface area contributed by atoms with Crippen molar-refractivity contribution in [2.75, 3.05) is 45.8 Å². The molecule has 1 aromatic carbocycles. The van der Waals surface area contributed by atoms with Crippen LogP contribution in [0.25, 0.3) is 5.69 Å². The summed E-state index contributed by atoms with van der Waals surface area (Å²) < 4.78 is 1.80. The lowest BCUT2D eigenvalue weighted by molar-refractivity contribution is -0.131. The third-order valence-corrected chi connectivity index (χ3v) is 6.20. The molecular weight excluding hydrogens is 402 g/mol. The molecule has 0 spiro atoms. The van der Waals surface area contributed by atoms with Crippen LogP contribution in [-0.4, -0.2) is 82.1 Å². The highest BCUT2D eigenvalue weighted by Crippen LogP contribution is 2.21. The standard InChI is InChI=1S/C22H28ClN5O2/c1-2-20-19(15-24-28(20)18-7-5-6-17(23)14-18)22(30)27-12-10-25(11-13-27)16-21(29)26-8-3-4-9-26/h5-7,14-15H,2-4,8-13,16H2,1H3. The van der Waals surface area contributed by atoms with Crippen LogP contribution in [0.15, 0.2) is 30.5 Å². The Morgan fingerprint density at radius 3 is 2.43 bits per heavy atom. The van der Waals surface area contributed by atoms with Gasteiger partial charge in [0.25, 0.3) is 5.91 Å². The Balaban J connectivity index is 1.40. The van der Waals surface area contributed by atoms with Crippen molar-refractivity contribution in [2.45, 2.75) is 26.2 Å². The zero-order valence-electron chi connectivity index (χ0n) is 17.4. The predicted octanol–water partition coefficient (Wildman–Crippen LogP) is 2.47. The first-order chi connectivity index (χ1) is 14.6. The van der Waals surface area contributed by atoms with Gasteiger partial charge in [0.1, 0.15) is 0 Å². The van der Waals surface area contributed by atoms with Gasteiger partial charge in [-0.15, -0.1) is 0 Å². The fourth-order valence-corrected chi connectivity index (χ4v) is 4.44. The van der Waals surface area contributed by atoms with E-state index < -0.39 is 0 Å². The molecular formula is C22H28ClN5O2. The Morgan fingerprint density at radius 1 is 1.03 bits per heavy atom. The van der Waals surface area contributed by atoms with Gasteiger partial charge in [-0.05, 0) is 37.5 Å². The molecule has 2 aliphatic heterocycles. The molecule has 2 aromatic rings. The molecule has 8 heteroatoms. The Hall–Kier alpha value is -2.38. The van der Waals surface area contributed by atoms with Gasteiger partial charge in [0.15, 0.2) is 0 Å². The van der Waals surface area contributed by atoms with Crippen molar-refractivity contribution in [1.82, 2.24) is 24.5 Å². The summed E-state index contributed by atoms with van der Waals surface area (Å²) in [5.41, 5.74) is 2.37. The van der Waals surface area contributed by atoms with Crippen LogP contribution in [0.5, 0.6) is 0 Å². The maximum absolute atomic E-state index is 13.2. The number of hydrogen-bond donors (Lipinski definition) is 0. The van der Waals surface area contributed by atoms with Gasteiger partial charge in [0, 0.05) is 44.3 Å². The maximum atomic E-state index is 13.2. The number of halogens is 1. The second-order valence-corrected chi connectivity index (χ2v) is 8.34. The van der Waals surface area contributed by atoms with E-state index in [1.165, 1.54) is 0 Å². The monoisotopic (exact) mass is 429 g/mol. The number of carbonyl (C=O) groups excluding carboxylic acids is 2. The highest BCUT2D eigenvalue weighted by atomic mass is 35.5. The van der Waals surface area contributed by atoms with E-state index in [1.807, 2.05) is 41.0 Å². The molecule has 2 amide bonds. The summed E-state index contributed by atoms with van der Waals surface area (Å²) in [5, 5.41) is 5.10. The fraction of sp³-hybridized carbons (Fsp3) is 0.500. The SMILES string of the molecule is CCc1c(C(=O)N2CCN(CC(=O)N3CCCC3)CC2)cnn1-c1cccc(Cl)c1. The van der Waals surface area contributed by atoms with Gasteiger partial charge in [-0.25, -0.2) is 4.68 Å². The van der Waals surface area contributed by atoms with E-state index in [9.17, 15) is 9.59 Å². The van der Waals surface area contributed by atoms with E-state index >= 15 is 0 Å². The maximum Gasteiger partial charge on any atom is 0.257 e. The van der Waals surface area contributed by atoms with Gasteiger partial charge < -0.3 is 9.80 Å². The number of piperazine rings is 1. The van der Waals surface area contributed by atoms with Crippen LogP contribution in [0.4, 0.5) is 0 Å². The average molecular weight is 430 g/mol. The van der Waals surface area contributed by atoms with E-state index in [4.69, 9.17) is 11.6 Å². The minimum Gasteiger partial charge on any atom is -0.342 e. The number of rotatable bonds is 5. The molecule has 0 saturated carbocycles. The van der Waals surface area contributed by atoms with Crippen molar-refractivity contribution in [3.8, 4) is 5.69 Å². The molecule has 1 aromatic heterocycles. The molecule has 0 bridgehead atoms. The van der Waals surface area contributed by atoms with Crippen LogP contribution in [0, 0.1) is 0 Å². The van der Waals surface area contributed by atoms with E-state index in [2.05, 4.69) is 10.00 Å². The van der Waals surface area contributed by atoms with Crippen molar-refractivity contribution in [1.29, 1.82) is 0 Å². The van der Waals surface area contributed by atoms with Crippen molar-refractivity contribution in [2.24, 2.45) is 0 Å². The molecule has 7 nitrogen and oxygen atoms in total. The highest BCUT2D eigenvalue weighted by molar-refractivity contribution is 6.30. The number of benzene rings is 1. The van der Waals surface area contributed by atoms with Gasteiger partial charge in [-0.1, -0.05) is 24.6 Å². The quantitative estimate of drug-likeness (QED) is 0.732. The zero-order valence-corrected chi connectivity index (χ0v) is 18.1. The normalized spacial score (nSPS) is 17.5. The van der Waals surface area contributed by atoms with Crippen LogP contribution in [-0.2, 0) is 11.2 Å². The molecule has 0 unspecified atom stereocenters. The molecule has 0 N–H and O–H groups in total. The summed E-state index contributed by atoms with van der Waals surface area (Å²) in [6.45, 7) is 6.92. The van der Waals surface area contributed by atoms with Crippen LogP contribution >= 0.6 is 11.6 Å². The Morgan fingerprint density at radius 2 is 1.77 bits per heavy atom. The molecule has 3 heterocycles. The Kier molecular flexibility index (Phi) is 6.39. The van der Waals surface area contributed by atoms with E-state index in [0.29, 0.717) is 36.6 Å². The average Bonchev–Trinajstić information content (AvgIpc) is 3.44. The zero-order chi connectivity index (χ0) is 21.1. The minimum atomic E-state index is 0.00523. The number of hydrogen-bond acceptors (Lipinski definition) is 4. The number of nitrogens with zero attached hydrogens (tertiary/aromatic N) is 5. The Bertz CT molecular complexity index is 914. The summed E-state index contributed by atoms with van der Waals surface area (Å²) in [6.07, 6.45) is 4.57. The molecule has 4 rings (SSSR count). The lowest BCUT2D eigenvalue weighted by Crippen LogP contribution is -2.51. The number of likely N-dealkylation sites (tertiary alicyclic amines) is 1. The molecule has 0 atom stereocenters. The highest BCUT2D eigenvalue weighted by Gasteiger charge is 2.28. The molecule has 0 aliphatic carbocycles. The summed E-state index contributed by atoms with van der Waals surface area (Å²) in [7, 11) is 0. The van der Waals surface area contributed by atoms with Crippen molar-refractivity contribution in [3.63, 3.8) is 0 Å². The lowest BCUT2D eigenvalue weighted by atomic mass is 10.1. The van der Waals surface area contributed by atoms with Crippen molar-refractivity contribution >= 4 is 23.4 Å². The van der Waals surface area contributed by atoms with Gasteiger partial charge >= 0.3 is 0 Å².